The van der Waals surface area contributed by atoms with Crippen molar-refractivity contribution in [3.05, 3.63) is 29.3 Å². The summed E-state index contributed by atoms with van der Waals surface area (Å²) < 4.78 is 4.78. The van der Waals surface area contributed by atoms with Crippen molar-refractivity contribution in [1.29, 1.82) is 0 Å². The Morgan fingerprint density at radius 3 is 2.71 bits per heavy atom. The summed E-state index contributed by atoms with van der Waals surface area (Å²) in [7, 11) is 1.40. The third kappa shape index (κ3) is 4.65. The quantitative estimate of drug-likeness (QED) is 0.820. The Balaban J connectivity index is 2.75. The standard InChI is InChI=1S/C13H18ClNO2/c1-9(2)7-12(13(16)17-3)15-11-6-4-5-10(14)8-11/h4-6,8-9,12,15H,7H2,1-3H3. The van der Waals surface area contributed by atoms with E-state index in [-0.39, 0.29) is 12.0 Å². The van der Waals surface area contributed by atoms with Gasteiger partial charge in [0.05, 0.1) is 7.11 Å². The van der Waals surface area contributed by atoms with Crippen molar-refractivity contribution in [2.75, 3.05) is 12.4 Å². The molecule has 0 heterocycles. The summed E-state index contributed by atoms with van der Waals surface area (Å²) in [5.41, 5.74) is 0.827. The fraction of sp³-hybridized carbons (Fsp3) is 0.462. The number of esters is 1. The van der Waals surface area contributed by atoms with Gasteiger partial charge in [0, 0.05) is 10.7 Å². The van der Waals surface area contributed by atoms with Crippen molar-refractivity contribution >= 4 is 23.3 Å². The number of rotatable bonds is 5. The van der Waals surface area contributed by atoms with Crippen LogP contribution in [0.2, 0.25) is 5.02 Å². The monoisotopic (exact) mass is 255 g/mol. The fourth-order valence-corrected chi connectivity index (χ4v) is 1.80. The van der Waals surface area contributed by atoms with Crippen LogP contribution in [0.1, 0.15) is 20.3 Å². The second-order valence-electron chi connectivity index (χ2n) is 4.36. The van der Waals surface area contributed by atoms with E-state index in [0.29, 0.717) is 10.9 Å². The van der Waals surface area contributed by atoms with E-state index in [1.165, 1.54) is 7.11 Å². The molecule has 0 aliphatic heterocycles. The van der Waals surface area contributed by atoms with Crippen LogP contribution in [0.5, 0.6) is 0 Å². The van der Waals surface area contributed by atoms with Gasteiger partial charge in [0.25, 0.3) is 0 Å². The van der Waals surface area contributed by atoms with Crippen LogP contribution in [0.25, 0.3) is 0 Å². The molecule has 0 aliphatic rings. The average Bonchev–Trinajstić information content (AvgIpc) is 2.26. The van der Waals surface area contributed by atoms with Crippen LogP contribution in [0.4, 0.5) is 5.69 Å². The number of hydrogen-bond acceptors (Lipinski definition) is 3. The summed E-state index contributed by atoms with van der Waals surface area (Å²) in [5.74, 6) is 0.157. The van der Waals surface area contributed by atoms with Gasteiger partial charge in [0.1, 0.15) is 6.04 Å². The van der Waals surface area contributed by atoms with Crippen molar-refractivity contribution in [2.24, 2.45) is 5.92 Å². The molecule has 0 amide bonds. The van der Waals surface area contributed by atoms with Gasteiger partial charge in [-0.15, -0.1) is 0 Å². The Bertz CT molecular complexity index is 379. The molecule has 0 saturated heterocycles. The molecule has 0 aliphatic carbocycles. The van der Waals surface area contributed by atoms with Crippen molar-refractivity contribution in [1.82, 2.24) is 0 Å². The van der Waals surface area contributed by atoms with E-state index in [1.54, 1.807) is 12.1 Å². The molecule has 0 saturated carbocycles. The molecular weight excluding hydrogens is 238 g/mol. The van der Waals surface area contributed by atoms with Gasteiger partial charge in [0.2, 0.25) is 0 Å². The maximum Gasteiger partial charge on any atom is 0.328 e. The van der Waals surface area contributed by atoms with Gasteiger partial charge in [-0.1, -0.05) is 31.5 Å². The summed E-state index contributed by atoms with van der Waals surface area (Å²) in [6.45, 7) is 4.13. The molecular formula is C13H18ClNO2. The van der Waals surface area contributed by atoms with Gasteiger partial charge < -0.3 is 10.1 Å². The van der Waals surface area contributed by atoms with Crippen LogP contribution in [0.3, 0.4) is 0 Å². The second kappa shape index (κ2) is 6.50. The topological polar surface area (TPSA) is 38.3 Å². The number of benzene rings is 1. The summed E-state index contributed by atoms with van der Waals surface area (Å²) in [5, 5.41) is 3.78. The molecule has 0 aromatic heterocycles. The summed E-state index contributed by atoms with van der Waals surface area (Å²) in [6, 6.07) is 6.97. The Hall–Kier alpha value is -1.22. The van der Waals surface area contributed by atoms with Crippen LogP contribution >= 0.6 is 11.6 Å². The first-order valence-corrected chi connectivity index (χ1v) is 6.00. The van der Waals surface area contributed by atoms with Gasteiger partial charge in [-0.25, -0.2) is 4.79 Å². The van der Waals surface area contributed by atoms with E-state index in [0.717, 1.165) is 12.1 Å². The summed E-state index contributed by atoms with van der Waals surface area (Å²) in [6.07, 6.45) is 0.721. The van der Waals surface area contributed by atoms with Crippen LogP contribution in [-0.2, 0) is 9.53 Å². The van der Waals surface area contributed by atoms with Crippen LogP contribution < -0.4 is 5.32 Å². The van der Waals surface area contributed by atoms with Crippen molar-refractivity contribution in [3.63, 3.8) is 0 Å². The molecule has 3 nitrogen and oxygen atoms in total. The first-order valence-electron chi connectivity index (χ1n) is 5.63. The van der Waals surface area contributed by atoms with E-state index in [9.17, 15) is 4.79 Å². The Labute approximate surface area is 107 Å². The number of ether oxygens (including phenoxy) is 1. The predicted octanol–water partition coefficient (Wildman–Crippen LogP) is 3.34. The minimum Gasteiger partial charge on any atom is -0.467 e. The van der Waals surface area contributed by atoms with Crippen LogP contribution in [-0.4, -0.2) is 19.1 Å². The predicted molar refractivity (Wildman–Crippen MR) is 70.3 cm³/mol. The maximum atomic E-state index is 11.6. The fourth-order valence-electron chi connectivity index (χ4n) is 1.61. The van der Waals surface area contributed by atoms with Gasteiger partial charge in [-0.2, -0.15) is 0 Å². The lowest BCUT2D eigenvalue weighted by atomic mass is 10.0. The molecule has 0 spiro atoms. The molecule has 1 aromatic rings. The highest BCUT2D eigenvalue weighted by molar-refractivity contribution is 6.30. The number of methoxy groups -OCH3 is 1. The molecule has 94 valence electrons. The van der Waals surface area contributed by atoms with E-state index >= 15 is 0 Å². The van der Waals surface area contributed by atoms with Gasteiger partial charge >= 0.3 is 5.97 Å². The van der Waals surface area contributed by atoms with E-state index in [2.05, 4.69) is 19.2 Å². The molecule has 1 rings (SSSR count). The third-order valence-electron chi connectivity index (χ3n) is 2.36. The molecule has 0 fully saturated rings. The molecule has 1 N–H and O–H groups in total. The SMILES string of the molecule is COC(=O)C(CC(C)C)Nc1cccc(Cl)c1. The smallest absolute Gasteiger partial charge is 0.328 e. The number of anilines is 1. The molecule has 17 heavy (non-hydrogen) atoms. The lowest BCUT2D eigenvalue weighted by molar-refractivity contribution is -0.141. The molecule has 1 aromatic carbocycles. The molecule has 0 radical (unpaired) electrons. The number of carbonyl (C=O) groups is 1. The minimum absolute atomic E-state index is 0.251. The first kappa shape index (κ1) is 13.8. The highest BCUT2D eigenvalue weighted by Crippen LogP contribution is 2.18. The first-order chi connectivity index (χ1) is 8.02. The van der Waals surface area contributed by atoms with E-state index in [1.807, 2.05) is 12.1 Å². The lowest BCUT2D eigenvalue weighted by Crippen LogP contribution is -2.32. The van der Waals surface area contributed by atoms with E-state index in [4.69, 9.17) is 16.3 Å². The zero-order chi connectivity index (χ0) is 12.8. The Kier molecular flexibility index (Phi) is 5.29. The zero-order valence-corrected chi connectivity index (χ0v) is 11.1. The highest BCUT2D eigenvalue weighted by Gasteiger charge is 2.20. The van der Waals surface area contributed by atoms with Crippen molar-refractivity contribution in [2.45, 2.75) is 26.3 Å². The number of nitrogens with one attached hydrogen (secondary N) is 1. The lowest BCUT2D eigenvalue weighted by Gasteiger charge is -2.19. The van der Waals surface area contributed by atoms with Gasteiger partial charge in [-0.05, 0) is 30.5 Å². The number of hydrogen-bond donors (Lipinski definition) is 1. The minimum atomic E-state index is -0.335. The molecule has 4 heteroatoms. The van der Waals surface area contributed by atoms with Crippen molar-refractivity contribution < 1.29 is 9.53 Å². The Morgan fingerprint density at radius 1 is 1.47 bits per heavy atom. The zero-order valence-electron chi connectivity index (χ0n) is 10.4. The van der Waals surface area contributed by atoms with Gasteiger partial charge in [-0.3, -0.25) is 0 Å². The largest absolute Gasteiger partial charge is 0.467 e. The summed E-state index contributed by atoms with van der Waals surface area (Å²) in [4.78, 5) is 11.6. The number of carbonyl (C=O) groups excluding carboxylic acids is 1. The maximum absolute atomic E-state index is 11.6. The summed E-state index contributed by atoms with van der Waals surface area (Å²) >= 11 is 5.89. The van der Waals surface area contributed by atoms with Gasteiger partial charge in [0.15, 0.2) is 0 Å². The van der Waals surface area contributed by atoms with Crippen LogP contribution in [0, 0.1) is 5.92 Å². The van der Waals surface area contributed by atoms with Crippen molar-refractivity contribution in [3.8, 4) is 0 Å². The van der Waals surface area contributed by atoms with Crippen LogP contribution in [0.15, 0.2) is 24.3 Å². The molecule has 0 bridgehead atoms. The normalized spacial score (nSPS) is 12.3. The average molecular weight is 256 g/mol. The third-order valence-corrected chi connectivity index (χ3v) is 2.59. The second-order valence-corrected chi connectivity index (χ2v) is 4.80. The molecule has 1 unspecified atom stereocenters. The van der Waals surface area contributed by atoms with E-state index < -0.39 is 0 Å². The highest BCUT2D eigenvalue weighted by atomic mass is 35.5. The number of halogens is 1. The molecule has 1 atom stereocenters. The Morgan fingerprint density at radius 2 is 2.18 bits per heavy atom.